The van der Waals surface area contributed by atoms with Crippen molar-refractivity contribution in [2.75, 3.05) is 11.1 Å². The number of rotatable bonds is 9. The van der Waals surface area contributed by atoms with Crippen LogP contribution in [0.3, 0.4) is 0 Å². The lowest BCUT2D eigenvalue weighted by atomic mass is 10.0. The summed E-state index contributed by atoms with van der Waals surface area (Å²) < 4.78 is 16.4. The lowest BCUT2D eigenvalue weighted by Gasteiger charge is -2.14. The molecule has 0 fully saturated rings. The van der Waals surface area contributed by atoms with E-state index in [1.807, 2.05) is 53.9 Å². The molecule has 33 heavy (non-hydrogen) atoms. The Kier molecular flexibility index (Phi) is 7.58. The highest BCUT2D eigenvalue weighted by molar-refractivity contribution is 7.17. The van der Waals surface area contributed by atoms with Crippen LogP contribution in [0.15, 0.2) is 84.5 Å². The molecule has 8 heteroatoms. The predicted molar refractivity (Wildman–Crippen MR) is 133 cm³/mol. The second kappa shape index (κ2) is 11.0. The Morgan fingerprint density at radius 3 is 2.58 bits per heavy atom. The van der Waals surface area contributed by atoms with Crippen molar-refractivity contribution >= 4 is 37.3 Å². The zero-order valence-corrected chi connectivity index (χ0v) is 19.4. The summed E-state index contributed by atoms with van der Waals surface area (Å²) in [6.07, 6.45) is 4.35. The van der Waals surface area contributed by atoms with Crippen molar-refractivity contribution in [1.82, 2.24) is 4.98 Å². The Labute approximate surface area is 197 Å². The number of nitrogen functional groups attached to an aromatic ring is 1. The monoisotopic (exact) mass is 475 g/mol. The van der Waals surface area contributed by atoms with Gasteiger partial charge in [0, 0.05) is 29.3 Å². The number of benzene rings is 2. The second-order valence-corrected chi connectivity index (χ2v) is 8.81. The standard InChI is InChI=1S/C25H22N3O3PS/c26-22-10-9-20(24-4-2-12-33-24)15-23(22)28-25(29)19-7-5-17(6-8-19)13-21(31-32-30)14-18-3-1-11-27-16-18/h1-12,15-16,21H,13-14,26H2,(H,28,29). The van der Waals surface area contributed by atoms with E-state index in [-0.39, 0.29) is 20.7 Å². The molecule has 2 heterocycles. The van der Waals surface area contributed by atoms with Gasteiger partial charge in [0.15, 0.2) is 0 Å². The summed E-state index contributed by atoms with van der Waals surface area (Å²) in [6, 6.07) is 20.7. The minimum absolute atomic E-state index is 0.238. The molecule has 0 aliphatic rings. The van der Waals surface area contributed by atoms with E-state index in [2.05, 4.69) is 10.3 Å². The number of thiophene rings is 1. The maximum atomic E-state index is 12.8. The molecule has 6 nitrogen and oxygen atoms in total. The lowest BCUT2D eigenvalue weighted by Crippen LogP contribution is -2.16. The summed E-state index contributed by atoms with van der Waals surface area (Å²) in [6.45, 7) is 0. The molecular formula is C25H22N3O3PS. The molecule has 2 aromatic carbocycles. The number of pyridine rings is 1. The van der Waals surface area contributed by atoms with Gasteiger partial charge in [-0.05, 0) is 64.9 Å². The molecule has 1 amide bonds. The normalized spacial score (nSPS) is 11.9. The van der Waals surface area contributed by atoms with Crippen LogP contribution in [-0.2, 0) is 21.9 Å². The molecule has 0 aliphatic carbocycles. The summed E-state index contributed by atoms with van der Waals surface area (Å²) in [5.41, 5.74) is 10.7. The van der Waals surface area contributed by atoms with E-state index >= 15 is 0 Å². The van der Waals surface area contributed by atoms with Crippen LogP contribution in [0.5, 0.6) is 0 Å². The van der Waals surface area contributed by atoms with Gasteiger partial charge in [-0.25, -0.2) is 4.57 Å². The summed E-state index contributed by atoms with van der Waals surface area (Å²) in [5.74, 6) is -0.238. The van der Waals surface area contributed by atoms with Gasteiger partial charge in [0.25, 0.3) is 5.91 Å². The molecule has 4 rings (SSSR count). The first-order valence-corrected chi connectivity index (χ1v) is 11.9. The van der Waals surface area contributed by atoms with E-state index < -0.39 is 0 Å². The van der Waals surface area contributed by atoms with Gasteiger partial charge in [-0.1, -0.05) is 30.3 Å². The highest BCUT2D eigenvalue weighted by Crippen LogP contribution is 2.30. The fraction of sp³-hybridized carbons (Fsp3) is 0.120. The quantitative estimate of drug-likeness (QED) is 0.228. The van der Waals surface area contributed by atoms with Gasteiger partial charge in [-0.3, -0.25) is 14.3 Å². The average molecular weight is 476 g/mol. The highest BCUT2D eigenvalue weighted by atomic mass is 32.1. The number of anilines is 2. The molecule has 4 aromatic rings. The largest absolute Gasteiger partial charge is 0.397 e. The van der Waals surface area contributed by atoms with E-state index in [0.717, 1.165) is 21.6 Å². The maximum Gasteiger partial charge on any atom is 0.327 e. The molecular weight excluding hydrogens is 453 g/mol. The Morgan fingerprint density at radius 2 is 1.88 bits per heavy atom. The molecule has 1 unspecified atom stereocenters. The summed E-state index contributed by atoms with van der Waals surface area (Å²) in [5, 5.41) is 4.92. The predicted octanol–water partition coefficient (Wildman–Crippen LogP) is 6.02. The van der Waals surface area contributed by atoms with Crippen molar-refractivity contribution in [3.8, 4) is 10.4 Å². The van der Waals surface area contributed by atoms with Crippen molar-refractivity contribution in [3.63, 3.8) is 0 Å². The summed E-state index contributed by atoms with van der Waals surface area (Å²) >= 11 is 1.63. The minimum atomic E-state index is -0.362. The van der Waals surface area contributed by atoms with Crippen molar-refractivity contribution in [3.05, 3.63) is 101 Å². The topological polar surface area (TPSA) is 94.3 Å². The number of hydrogen-bond acceptors (Lipinski definition) is 6. The summed E-state index contributed by atoms with van der Waals surface area (Å²) in [4.78, 5) is 18.0. The van der Waals surface area contributed by atoms with Gasteiger partial charge in [-0.15, -0.1) is 11.3 Å². The van der Waals surface area contributed by atoms with Gasteiger partial charge in [0.2, 0.25) is 0 Å². The number of nitrogens with two attached hydrogens (primary N) is 1. The number of amides is 1. The van der Waals surface area contributed by atoms with Crippen molar-refractivity contribution in [1.29, 1.82) is 0 Å². The van der Waals surface area contributed by atoms with Gasteiger partial charge in [0.1, 0.15) is 0 Å². The van der Waals surface area contributed by atoms with Crippen LogP contribution >= 0.6 is 20.0 Å². The zero-order valence-electron chi connectivity index (χ0n) is 17.7. The van der Waals surface area contributed by atoms with Crippen LogP contribution in [0.1, 0.15) is 21.5 Å². The van der Waals surface area contributed by atoms with Crippen LogP contribution in [0, 0.1) is 0 Å². The molecule has 166 valence electrons. The van der Waals surface area contributed by atoms with Crippen LogP contribution in [0.25, 0.3) is 10.4 Å². The fourth-order valence-electron chi connectivity index (χ4n) is 3.50. The number of carbonyl (C=O) groups is 1. The van der Waals surface area contributed by atoms with Crippen LogP contribution < -0.4 is 11.1 Å². The first-order chi connectivity index (χ1) is 16.1. The molecule has 0 bridgehead atoms. The van der Waals surface area contributed by atoms with Crippen LogP contribution in [0.4, 0.5) is 11.4 Å². The number of nitrogens with zero attached hydrogens (tertiary/aromatic N) is 1. The Bertz CT molecular complexity index is 1220. The zero-order chi connectivity index (χ0) is 23.0. The molecule has 0 saturated carbocycles. The van der Waals surface area contributed by atoms with Gasteiger partial charge in [0.05, 0.1) is 17.5 Å². The first kappa shape index (κ1) is 22.8. The SMILES string of the molecule is Nc1ccc(-c2cccs2)cc1NC(=O)c1ccc(CC(Cc2cccnc2)OP=O)cc1. The minimum Gasteiger partial charge on any atom is -0.397 e. The third-order valence-corrected chi connectivity index (χ3v) is 6.47. The molecule has 0 spiro atoms. The van der Waals surface area contributed by atoms with Crippen molar-refractivity contribution in [2.45, 2.75) is 18.9 Å². The van der Waals surface area contributed by atoms with Gasteiger partial charge >= 0.3 is 8.69 Å². The average Bonchev–Trinajstić information content (AvgIpc) is 3.37. The Balaban J connectivity index is 1.43. The molecule has 0 aliphatic heterocycles. The van der Waals surface area contributed by atoms with E-state index in [0.29, 0.717) is 29.8 Å². The van der Waals surface area contributed by atoms with E-state index in [1.165, 1.54) is 0 Å². The van der Waals surface area contributed by atoms with E-state index in [4.69, 9.17) is 10.3 Å². The third kappa shape index (κ3) is 6.11. The van der Waals surface area contributed by atoms with Crippen molar-refractivity contribution < 1.29 is 13.9 Å². The van der Waals surface area contributed by atoms with E-state index in [9.17, 15) is 9.36 Å². The smallest absolute Gasteiger partial charge is 0.327 e. The Morgan fingerprint density at radius 1 is 1.06 bits per heavy atom. The Hall–Kier alpha value is -3.38. The number of hydrogen-bond donors (Lipinski definition) is 2. The molecule has 2 aromatic heterocycles. The van der Waals surface area contributed by atoms with Crippen LogP contribution in [0.2, 0.25) is 0 Å². The second-order valence-electron chi connectivity index (χ2n) is 7.50. The van der Waals surface area contributed by atoms with Gasteiger partial charge in [-0.2, -0.15) is 0 Å². The first-order valence-electron chi connectivity index (χ1n) is 10.3. The maximum absolute atomic E-state index is 12.8. The number of nitrogens with one attached hydrogen (secondary N) is 1. The molecule has 0 radical (unpaired) electrons. The van der Waals surface area contributed by atoms with Gasteiger partial charge < -0.3 is 11.1 Å². The highest BCUT2D eigenvalue weighted by Gasteiger charge is 2.14. The number of carbonyl (C=O) groups excluding carboxylic acids is 1. The molecule has 0 saturated heterocycles. The van der Waals surface area contributed by atoms with Crippen molar-refractivity contribution in [2.24, 2.45) is 0 Å². The third-order valence-electron chi connectivity index (χ3n) is 5.16. The summed E-state index contributed by atoms with van der Waals surface area (Å²) in [7, 11) is -0.362. The van der Waals surface area contributed by atoms with E-state index in [1.54, 1.807) is 41.9 Å². The molecule has 3 N–H and O–H groups in total. The fourth-order valence-corrected chi connectivity index (χ4v) is 4.49. The molecule has 1 atom stereocenters. The number of aromatic nitrogens is 1. The lowest BCUT2D eigenvalue weighted by molar-refractivity contribution is 0.102. The van der Waals surface area contributed by atoms with Crippen LogP contribution in [-0.4, -0.2) is 17.0 Å².